The zero-order valence-corrected chi connectivity index (χ0v) is 16.0. The van der Waals surface area contributed by atoms with Crippen molar-refractivity contribution in [2.45, 2.75) is 58.2 Å². The molecule has 0 aliphatic carbocycles. The molecule has 2 heterocycles. The number of carbonyl (C=O) groups excluding carboxylic acids is 2. The van der Waals surface area contributed by atoms with Crippen LogP contribution in [0.5, 0.6) is 0 Å². The molecule has 2 aliphatic rings. The summed E-state index contributed by atoms with van der Waals surface area (Å²) >= 11 is 0. The van der Waals surface area contributed by atoms with Gasteiger partial charge >= 0.3 is 13.7 Å². The average Bonchev–Trinajstić information content (AvgIpc) is 3.09. The van der Waals surface area contributed by atoms with Gasteiger partial charge in [0.25, 0.3) is 0 Å². The molecule has 3 atom stereocenters. The lowest BCUT2D eigenvalue weighted by Gasteiger charge is -2.40. The Balaban J connectivity index is 1.90. The molecule has 0 saturated carbocycles. The molecular formula is C16H28NO7P. The predicted molar refractivity (Wildman–Crippen MR) is 90.1 cm³/mol. The van der Waals surface area contributed by atoms with Gasteiger partial charge in [-0.25, -0.2) is 9.65 Å². The molecule has 2 rings (SSSR count). The number of ketones is 1. The van der Waals surface area contributed by atoms with E-state index in [1.54, 1.807) is 0 Å². The molecule has 0 amide bonds. The maximum atomic E-state index is 12.8. The molecule has 0 aromatic rings. The minimum atomic E-state index is -3.56. The molecule has 0 spiro atoms. The lowest BCUT2D eigenvalue weighted by Crippen LogP contribution is -2.46. The normalized spacial score (nSPS) is 31.6. The molecule has 2 fully saturated rings. The summed E-state index contributed by atoms with van der Waals surface area (Å²) in [4.78, 5) is 23.7. The van der Waals surface area contributed by atoms with E-state index in [1.165, 1.54) is 7.11 Å². The van der Waals surface area contributed by atoms with Crippen molar-refractivity contribution in [2.24, 2.45) is 5.41 Å². The summed E-state index contributed by atoms with van der Waals surface area (Å²) in [5, 5.41) is 2.81. The maximum absolute atomic E-state index is 12.8. The van der Waals surface area contributed by atoms with E-state index in [4.69, 9.17) is 13.8 Å². The number of methoxy groups -OCH3 is 1. The largest absolute Gasteiger partial charge is 0.469 e. The Bertz CT molecular complexity index is 531. The zero-order chi connectivity index (χ0) is 18.5. The van der Waals surface area contributed by atoms with Crippen LogP contribution in [0.3, 0.4) is 0 Å². The van der Waals surface area contributed by atoms with E-state index in [9.17, 15) is 14.2 Å². The van der Waals surface area contributed by atoms with Gasteiger partial charge in [-0.1, -0.05) is 13.8 Å². The van der Waals surface area contributed by atoms with E-state index in [0.29, 0.717) is 19.6 Å². The second-order valence-electron chi connectivity index (χ2n) is 7.14. The van der Waals surface area contributed by atoms with Crippen molar-refractivity contribution in [1.82, 2.24) is 5.09 Å². The van der Waals surface area contributed by atoms with Crippen LogP contribution in [-0.4, -0.2) is 50.8 Å². The van der Waals surface area contributed by atoms with Gasteiger partial charge in [-0.2, -0.15) is 0 Å². The number of carbonyl (C=O) groups is 2. The van der Waals surface area contributed by atoms with Crippen LogP contribution in [0.4, 0.5) is 0 Å². The van der Waals surface area contributed by atoms with Crippen LogP contribution >= 0.6 is 7.75 Å². The van der Waals surface area contributed by atoms with Crippen molar-refractivity contribution in [1.29, 1.82) is 0 Å². The molecule has 144 valence electrons. The molecule has 1 N–H and O–H groups in total. The van der Waals surface area contributed by atoms with E-state index in [1.807, 2.05) is 13.8 Å². The Kier molecular flexibility index (Phi) is 7.17. The number of ether oxygens (including phenoxy) is 2. The molecule has 1 unspecified atom stereocenters. The number of Topliss-reactive ketones (excluding diaryl/α,β-unsaturated/α-hetero) is 1. The first-order valence-electron chi connectivity index (χ1n) is 8.65. The molecule has 2 saturated heterocycles. The van der Waals surface area contributed by atoms with Crippen LogP contribution < -0.4 is 5.09 Å². The van der Waals surface area contributed by atoms with Gasteiger partial charge in [0.1, 0.15) is 6.10 Å². The first kappa shape index (κ1) is 20.5. The van der Waals surface area contributed by atoms with Crippen molar-refractivity contribution >= 4 is 19.5 Å². The number of hydrogen-bond acceptors (Lipinski definition) is 7. The van der Waals surface area contributed by atoms with E-state index < -0.39 is 19.3 Å². The lowest BCUT2D eigenvalue weighted by molar-refractivity contribution is -0.141. The predicted octanol–water partition coefficient (Wildman–Crippen LogP) is 2.22. The Labute approximate surface area is 148 Å². The Morgan fingerprint density at radius 2 is 2.08 bits per heavy atom. The van der Waals surface area contributed by atoms with Crippen molar-refractivity contribution in [3.63, 3.8) is 0 Å². The van der Waals surface area contributed by atoms with Crippen LogP contribution in [0.2, 0.25) is 0 Å². The highest BCUT2D eigenvalue weighted by Crippen LogP contribution is 2.53. The number of esters is 1. The van der Waals surface area contributed by atoms with E-state index in [0.717, 1.165) is 12.8 Å². The molecule has 0 radical (unpaired) electrons. The summed E-state index contributed by atoms with van der Waals surface area (Å²) in [6, 6.07) is 0. The van der Waals surface area contributed by atoms with Crippen LogP contribution in [-0.2, 0) is 32.7 Å². The Morgan fingerprint density at radius 1 is 1.32 bits per heavy atom. The van der Waals surface area contributed by atoms with Gasteiger partial charge in [0.2, 0.25) is 0 Å². The molecule has 0 aromatic carbocycles. The first-order valence-corrected chi connectivity index (χ1v) is 10.2. The van der Waals surface area contributed by atoms with Crippen LogP contribution in [0.15, 0.2) is 0 Å². The van der Waals surface area contributed by atoms with Gasteiger partial charge in [0, 0.05) is 31.4 Å². The van der Waals surface area contributed by atoms with E-state index in [-0.39, 0.29) is 37.3 Å². The van der Waals surface area contributed by atoms with Crippen molar-refractivity contribution in [3.05, 3.63) is 0 Å². The summed E-state index contributed by atoms with van der Waals surface area (Å²) in [6.07, 6.45) is 1.72. The number of hydrogen-bond donors (Lipinski definition) is 1. The molecule has 8 nitrogen and oxygen atoms in total. The molecule has 25 heavy (non-hydrogen) atoms. The minimum absolute atomic E-state index is 0.0119. The lowest BCUT2D eigenvalue weighted by atomic mass is 9.84. The van der Waals surface area contributed by atoms with Crippen molar-refractivity contribution in [2.75, 3.05) is 26.9 Å². The third-order valence-corrected chi connectivity index (χ3v) is 5.95. The second kappa shape index (κ2) is 8.73. The van der Waals surface area contributed by atoms with Crippen molar-refractivity contribution < 1.29 is 32.7 Å². The van der Waals surface area contributed by atoms with Crippen molar-refractivity contribution in [3.8, 4) is 0 Å². The SMILES string of the molecule is COC(=O)CCCC(=O)[C@@H]1O[P@](=O)(NCC2CCCO2)OCC1(C)C. The smallest absolute Gasteiger partial charge is 0.406 e. The molecule has 0 aromatic heterocycles. The topological polar surface area (TPSA) is 100 Å². The summed E-state index contributed by atoms with van der Waals surface area (Å²) in [5.74, 6) is -0.541. The minimum Gasteiger partial charge on any atom is -0.469 e. The fourth-order valence-electron chi connectivity index (χ4n) is 2.88. The molecule has 0 bridgehead atoms. The van der Waals surface area contributed by atoms with E-state index in [2.05, 4.69) is 9.82 Å². The van der Waals surface area contributed by atoms with Crippen LogP contribution in [0, 0.1) is 5.41 Å². The Hall–Kier alpha value is -0.790. The van der Waals surface area contributed by atoms with Gasteiger partial charge in [0.15, 0.2) is 5.78 Å². The summed E-state index contributed by atoms with van der Waals surface area (Å²) in [5.41, 5.74) is -0.595. The average molecular weight is 377 g/mol. The van der Waals surface area contributed by atoms with Gasteiger partial charge in [-0.05, 0) is 19.3 Å². The summed E-state index contributed by atoms with van der Waals surface area (Å²) in [6.45, 7) is 4.88. The first-order chi connectivity index (χ1) is 11.8. The van der Waals surface area contributed by atoms with Gasteiger partial charge in [0.05, 0.1) is 19.8 Å². The van der Waals surface area contributed by atoms with Gasteiger partial charge in [-0.15, -0.1) is 0 Å². The fourth-order valence-corrected chi connectivity index (χ4v) is 4.71. The molecule has 2 aliphatic heterocycles. The van der Waals surface area contributed by atoms with Gasteiger partial charge < -0.3 is 9.47 Å². The summed E-state index contributed by atoms with van der Waals surface area (Å²) in [7, 11) is -2.24. The number of rotatable bonds is 8. The zero-order valence-electron chi connectivity index (χ0n) is 15.1. The highest BCUT2D eigenvalue weighted by molar-refractivity contribution is 7.51. The molecular weight excluding hydrogens is 349 g/mol. The molecule has 9 heteroatoms. The quantitative estimate of drug-likeness (QED) is 0.508. The van der Waals surface area contributed by atoms with Crippen LogP contribution in [0.1, 0.15) is 46.0 Å². The highest BCUT2D eigenvalue weighted by atomic mass is 31.2. The fraction of sp³-hybridized carbons (Fsp3) is 0.875. The third-order valence-electron chi connectivity index (χ3n) is 4.42. The standard InChI is InChI=1S/C16H28NO7P/c1-16(2)11-23-25(20,17-10-12-6-5-9-22-12)24-15(16)13(18)7-4-8-14(19)21-3/h12,15H,4-11H2,1-3H3,(H,17,20)/t12?,15-,25-/m0/s1. The number of nitrogens with one attached hydrogen (secondary N) is 1. The second-order valence-corrected chi connectivity index (χ2v) is 8.92. The Morgan fingerprint density at radius 3 is 2.72 bits per heavy atom. The third kappa shape index (κ3) is 5.86. The summed E-state index contributed by atoms with van der Waals surface area (Å²) < 4.78 is 33.8. The van der Waals surface area contributed by atoms with Gasteiger partial charge in [-0.3, -0.25) is 18.6 Å². The monoisotopic (exact) mass is 377 g/mol. The van der Waals surface area contributed by atoms with Crippen LogP contribution in [0.25, 0.3) is 0 Å². The van der Waals surface area contributed by atoms with E-state index >= 15 is 0 Å². The maximum Gasteiger partial charge on any atom is 0.406 e. The highest BCUT2D eigenvalue weighted by Gasteiger charge is 2.47.